The minimum Gasteiger partial charge on any atom is -0.432 e. The molecule has 3 aromatic carbocycles. The van der Waals surface area contributed by atoms with E-state index in [9.17, 15) is 34.4 Å². The van der Waals surface area contributed by atoms with Gasteiger partial charge < -0.3 is 35.1 Å². The molecule has 52 heavy (non-hydrogen) atoms. The van der Waals surface area contributed by atoms with Gasteiger partial charge in [0.1, 0.15) is 0 Å². The van der Waals surface area contributed by atoms with Crippen molar-refractivity contribution in [2.45, 2.75) is 69.6 Å². The lowest BCUT2D eigenvalue weighted by Gasteiger charge is -2.32. The van der Waals surface area contributed by atoms with Crippen LogP contribution < -0.4 is 15.5 Å². The zero-order valence-electron chi connectivity index (χ0n) is 29.8. The molecule has 1 spiro atoms. The van der Waals surface area contributed by atoms with Crippen LogP contribution in [-0.4, -0.2) is 78.1 Å². The summed E-state index contributed by atoms with van der Waals surface area (Å²) in [5.74, 6) is -1.60. The van der Waals surface area contributed by atoms with Gasteiger partial charge in [-0.3, -0.25) is 24.5 Å². The molecule has 2 fully saturated rings. The lowest BCUT2D eigenvalue weighted by atomic mass is 9.82. The Morgan fingerprint density at radius 2 is 1.87 bits per heavy atom. The summed E-state index contributed by atoms with van der Waals surface area (Å²) in [7, 11) is -3.15. The van der Waals surface area contributed by atoms with E-state index in [2.05, 4.69) is 10.6 Å². The molecule has 13 nitrogen and oxygen atoms in total. The Bertz CT molecular complexity index is 1810. The highest BCUT2D eigenvalue weighted by Crippen LogP contribution is 2.60. The van der Waals surface area contributed by atoms with Gasteiger partial charge in [0.15, 0.2) is 13.9 Å². The van der Waals surface area contributed by atoms with Gasteiger partial charge in [0, 0.05) is 54.5 Å². The number of hydrogen-bond donors (Lipinski definition) is 4. The Balaban J connectivity index is 1.32. The number of aliphatic hydroxyl groups excluding tert-OH is 1. The number of amides is 3. The van der Waals surface area contributed by atoms with Gasteiger partial charge in [0.2, 0.25) is 11.8 Å². The summed E-state index contributed by atoms with van der Waals surface area (Å²) in [5.41, 5.74) is 0.464. The van der Waals surface area contributed by atoms with E-state index >= 15 is 0 Å². The molecule has 3 aromatic rings. The fourth-order valence-electron chi connectivity index (χ4n) is 8.30. The van der Waals surface area contributed by atoms with Crippen molar-refractivity contribution >= 4 is 43.1 Å². The first-order chi connectivity index (χ1) is 24.8. The van der Waals surface area contributed by atoms with Crippen LogP contribution in [0, 0.1) is 22.0 Å². The van der Waals surface area contributed by atoms with Gasteiger partial charge in [-0.1, -0.05) is 49.4 Å². The quantitative estimate of drug-likeness (QED) is 0.121. The van der Waals surface area contributed by atoms with Crippen molar-refractivity contribution < 1.29 is 33.9 Å². The Kier molecular flexibility index (Phi) is 10.9. The molecule has 6 rings (SSSR count). The second kappa shape index (κ2) is 15.2. The van der Waals surface area contributed by atoms with Crippen molar-refractivity contribution in [1.29, 1.82) is 0 Å². The molecule has 4 N–H and O–H groups in total. The second-order valence-electron chi connectivity index (χ2n) is 14.7. The van der Waals surface area contributed by atoms with E-state index in [1.165, 1.54) is 17.0 Å². The third-order valence-corrected chi connectivity index (χ3v) is 13.2. The van der Waals surface area contributed by atoms with Gasteiger partial charge in [0.25, 0.3) is 11.6 Å². The van der Waals surface area contributed by atoms with Gasteiger partial charge in [-0.25, -0.2) is 0 Å². The van der Waals surface area contributed by atoms with E-state index in [0.29, 0.717) is 23.5 Å². The van der Waals surface area contributed by atoms with Gasteiger partial charge in [0.05, 0.1) is 42.2 Å². The molecule has 0 saturated carbocycles. The maximum absolute atomic E-state index is 14.9. The number of non-ortho nitro benzene ring substituents is 1. The van der Waals surface area contributed by atoms with Crippen molar-refractivity contribution in [2.24, 2.45) is 11.8 Å². The third-order valence-electron chi connectivity index (χ3n) is 10.7. The number of nitro benzene ring substituents is 1. The standard InChI is InChI=1S/C38H47N5O8Si/c1-25-35(52(2,3)50)33(21-34(45)41(17-18-44)23-26-9-5-4-6-10-26)51-38(25)31-20-30(43(48)49)14-15-32(31)42(37(38)47)24-27-11-7-13-29(19-27)40-36(46)28-12-8-16-39-22-28/h4-7,9-11,13-15,19-20,25,28,33,35,39,44,50H,8,12,16-18,21-24H2,1-3H3,(H,40,46)/t25-,28?,33+,35-,38+/m0/s1. The monoisotopic (exact) mass is 729 g/mol. The molecule has 0 radical (unpaired) electrons. The molecular formula is C38H47N5O8Si. The molecule has 3 aliphatic heterocycles. The predicted molar refractivity (Wildman–Crippen MR) is 198 cm³/mol. The highest BCUT2D eigenvalue weighted by Gasteiger charge is 2.66. The van der Waals surface area contributed by atoms with Gasteiger partial charge in [-0.2, -0.15) is 0 Å². The second-order valence-corrected chi connectivity index (χ2v) is 18.6. The highest BCUT2D eigenvalue weighted by atomic mass is 28.4. The summed E-state index contributed by atoms with van der Waals surface area (Å²) in [6, 6.07) is 20.9. The Morgan fingerprint density at radius 3 is 2.54 bits per heavy atom. The Hall–Kier alpha value is -4.47. The normalized spacial score (nSPS) is 24.2. The third kappa shape index (κ3) is 7.39. The summed E-state index contributed by atoms with van der Waals surface area (Å²) < 4.78 is 6.78. The SMILES string of the molecule is C[C@H]1[C@H]([Si](C)(C)O)[C@@H](CC(=O)N(CCO)Cc2ccccc2)O[C@]12C(=O)N(Cc1cccc(NC(=O)C3CCCNC3)c1)c1ccc([N+](=O)[O-])cc12. The maximum atomic E-state index is 14.9. The van der Waals surface area contributed by atoms with E-state index in [4.69, 9.17) is 4.74 Å². The first-order valence-corrected chi connectivity index (χ1v) is 20.9. The van der Waals surface area contributed by atoms with Crippen LogP contribution in [0.1, 0.15) is 42.9 Å². The topological polar surface area (TPSA) is 175 Å². The predicted octanol–water partition coefficient (Wildman–Crippen LogP) is 4.29. The van der Waals surface area contributed by atoms with Crippen LogP contribution in [-0.2, 0) is 37.8 Å². The molecule has 0 bridgehead atoms. The summed E-state index contributed by atoms with van der Waals surface area (Å²) in [6.07, 6.45) is 0.693. The van der Waals surface area contributed by atoms with Crippen molar-refractivity contribution in [3.05, 3.63) is 99.6 Å². The molecule has 1 unspecified atom stereocenters. The number of rotatable bonds is 12. The van der Waals surface area contributed by atoms with E-state index < -0.39 is 42.3 Å². The summed E-state index contributed by atoms with van der Waals surface area (Å²) >= 11 is 0. The lowest BCUT2D eigenvalue weighted by Crippen LogP contribution is -2.46. The van der Waals surface area contributed by atoms with E-state index in [-0.39, 0.29) is 56.1 Å². The lowest BCUT2D eigenvalue weighted by molar-refractivity contribution is -0.385. The summed E-state index contributed by atoms with van der Waals surface area (Å²) in [4.78, 5) is 68.1. The fourth-order valence-corrected chi connectivity index (χ4v) is 10.9. The van der Waals surface area contributed by atoms with Crippen LogP contribution in [0.25, 0.3) is 0 Å². The zero-order chi connectivity index (χ0) is 37.2. The van der Waals surface area contributed by atoms with Crippen LogP contribution in [0.5, 0.6) is 0 Å². The number of carbonyl (C=O) groups is 3. The largest absolute Gasteiger partial charge is 0.432 e. The van der Waals surface area contributed by atoms with Crippen molar-refractivity contribution in [1.82, 2.24) is 10.2 Å². The Morgan fingerprint density at radius 1 is 1.12 bits per heavy atom. The molecular weight excluding hydrogens is 683 g/mol. The molecule has 3 amide bonds. The number of anilines is 2. The number of piperidine rings is 1. The number of hydrogen-bond acceptors (Lipinski definition) is 9. The molecule has 5 atom stereocenters. The fraction of sp³-hybridized carbons (Fsp3) is 0.447. The first-order valence-electron chi connectivity index (χ1n) is 17.9. The zero-order valence-corrected chi connectivity index (χ0v) is 30.8. The maximum Gasteiger partial charge on any atom is 0.269 e. The number of fused-ring (bicyclic) bond motifs is 2. The van der Waals surface area contributed by atoms with Gasteiger partial charge >= 0.3 is 0 Å². The molecule has 2 saturated heterocycles. The van der Waals surface area contributed by atoms with E-state index in [1.807, 2.05) is 49.4 Å². The molecule has 3 aliphatic rings. The van der Waals surface area contributed by atoms with Crippen LogP contribution in [0.2, 0.25) is 18.6 Å². The van der Waals surface area contributed by atoms with Crippen molar-refractivity contribution in [3.63, 3.8) is 0 Å². The Labute approximate surface area is 304 Å². The first kappa shape index (κ1) is 37.3. The molecule has 14 heteroatoms. The number of carbonyl (C=O) groups excluding carboxylic acids is 3. The smallest absolute Gasteiger partial charge is 0.269 e. The van der Waals surface area contributed by atoms with E-state index in [0.717, 1.165) is 30.5 Å². The minimum atomic E-state index is -3.15. The van der Waals surface area contributed by atoms with E-state index in [1.54, 1.807) is 36.2 Å². The number of ether oxygens (including phenoxy) is 1. The van der Waals surface area contributed by atoms with Gasteiger partial charge in [-0.15, -0.1) is 0 Å². The average Bonchev–Trinajstić information content (AvgIpc) is 3.54. The molecule has 276 valence electrons. The number of nitrogens with one attached hydrogen (secondary N) is 2. The summed E-state index contributed by atoms with van der Waals surface area (Å²) in [5, 5.41) is 28.1. The minimum absolute atomic E-state index is 0.0740. The van der Waals surface area contributed by atoms with Crippen LogP contribution in [0.4, 0.5) is 17.1 Å². The highest BCUT2D eigenvalue weighted by molar-refractivity contribution is 6.71. The number of nitrogens with zero attached hydrogens (tertiary/aromatic N) is 3. The van der Waals surface area contributed by atoms with Crippen LogP contribution in [0.15, 0.2) is 72.8 Å². The average molecular weight is 730 g/mol. The van der Waals surface area contributed by atoms with Gasteiger partial charge in [-0.05, 0) is 61.8 Å². The number of benzene rings is 3. The molecule has 3 heterocycles. The number of nitro groups is 1. The number of aliphatic hydroxyl groups is 1. The van der Waals surface area contributed by atoms with Crippen molar-refractivity contribution in [3.8, 4) is 0 Å². The molecule has 0 aliphatic carbocycles. The van der Waals surface area contributed by atoms with Crippen LogP contribution >= 0.6 is 0 Å². The molecule has 0 aromatic heterocycles. The van der Waals surface area contributed by atoms with Crippen molar-refractivity contribution in [2.75, 3.05) is 36.5 Å². The van der Waals surface area contributed by atoms with Crippen LogP contribution in [0.3, 0.4) is 0 Å². The summed E-state index contributed by atoms with van der Waals surface area (Å²) in [6.45, 7) is 7.01.